The second-order valence-corrected chi connectivity index (χ2v) is 12.7. The Morgan fingerprint density at radius 1 is 0.840 bits per heavy atom. The molecule has 3 aliphatic heterocycles. The summed E-state index contributed by atoms with van der Waals surface area (Å²) in [6.07, 6.45) is -15.5. The lowest BCUT2D eigenvalue weighted by molar-refractivity contribution is -0.284. The summed E-state index contributed by atoms with van der Waals surface area (Å²) in [4.78, 5) is 16.6. The Bertz CT molecular complexity index is 1160. The van der Waals surface area contributed by atoms with Crippen LogP contribution in [0.4, 0.5) is 0 Å². The minimum absolute atomic E-state index is 0.0411. The molecular weight excluding hydrogens is 670 g/mol. The first-order valence-electron chi connectivity index (χ1n) is 16.4. The molecule has 1 saturated carbocycles. The molecule has 288 valence electrons. The zero-order valence-corrected chi connectivity index (χ0v) is 27.3. The van der Waals surface area contributed by atoms with Crippen LogP contribution in [0.3, 0.4) is 0 Å². The molecule has 0 aromatic heterocycles. The number of carbonyl (C=O) groups is 1. The van der Waals surface area contributed by atoms with Gasteiger partial charge in [-0.05, 0) is 6.42 Å². The highest BCUT2D eigenvalue weighted by atomic mass is 16.8. The van der Waals surface area contributed by atoms with Gasteiger partial charge in [-0.1, -0.05) is 12.2 Å². The zero-order chi connectivity index (χ0) is 36.9. The smallest absolute Gasteiger partial charge is 0.249 e. The number of rotatable bonds is 14. The molecule has 1 amide bonds. The Balaban J connectivity index is 1.54. The van der Waals surface area contributed by atoms with Gasteiger partial charge >= 0.3 is 0 Å². The van der Waals surface area contributed by atoms with Crippen molar-refractivity contribution >= 4 is 11.9 Å². The van der Waals surface area contributed by atoms with Gasteiger partial charge in [-0.15, -0.1) is 0 Å². The van der Waals surface area contributed by atoms with E-state index >= 15 is 0 Å². The van der Waals surface area contributed by atoms with Gasteiger partial charge in [0, 0.05) is 32.1 Å². The van der Waals surface area contributed by atoms with Crippen molar-refractivity contribution in [3.63, 3.8) is 0 Å². The van der Waals surface area contributed by atoms with Crippen LogP contribution in [0.15, 0.2) is 17.1 Å². The predicted molar refractivity (Wildman–Crippen MR) is 171 cm³/mol. The summed E-state index contributed by atoms with van der Waals surface area (Å²) in [7, 11) is 0. The van der Waals surface area contributed by atoms with Crippen LogP contribution in [0.1, 0.15) is 12.8 Å². The number of amides is 1. The van der Waals surface area contributed by atoms with E-state index in [1.165, 1.54) is 0 Å². The Morgan fingerprint density at radius 2 is 1.50 bits per heavy atom. The van der Waals surface area contributed by atoms with Gasteiger partial charge in [0.05, 0.1) is 30.8 Å². The molecule has 2 saturated heterocycles. The summed E-state index contributed by atoms with van der Waals surface area (Å²) in [5.41, 5.74) is 40.7. The number of hydrogen-bond acceptors (Lipinski definition) is 19. The van der Waals surface area contributed by atoms with Crippen molar-refractivity contribution in [1.29, 1.82) is 0 Å². The van der Waals surface area contributed by atoms with Crippen LogP contribution < -0.4 is 45.5 Å². The Kier molecular flexibility index (Phi) is 14.6. The molecule has 18 atom stereocenters. The van der Waals surface area contributed by atoms with Crippen LogP contribution in [0.5, 0.6) is 0 Å². The molecule has 0 aromatic carbocycles. The van der Waals surface area contributed by atoms with E-state index in [1.54, 1.807) is 12.2 Å². The zero-order valence-electron chi connectivity index (χ0n) is 27.3. The molecule has 22 heteroatoms. The number of carbonyl (C=O) groups excluding carboxylic acids is 1. The number of ether oxygens (including phenoxy) is 6. The van der Waals surface area contributed by atoms with Gasteiger partial charge in [-0.2, -0.15) is 0 Å². The van der Waals surface area contributed by atoms with Crippen molar-refractivity contribution in [3.05, 3.63) is 12.2 Å². The number of aliphatic hydroxyl groups excluding tert-OH is 6. The third kappa shape index (κ3) is 9.42. The van der Waals surface area contributed by atoms with Crippen molar-refractivity contribution in [2.24, 2.45) is 45.1 Å². The summed E-state index contributed by atoms with van der Waals surface area (Å²) in [6, 6.07) is -4.11. The highest BCUT2D eigenvalue weighted by Gasteiger charge is 2.54. The molecule has 3 fully saturated rings. The van der Waals surface area contributed by atoms with Gasteiger partial charge < -0.3 is 105 Å². The second-order valence-electron chi connectivity index (χ2n) is 12.7. The molecule has 0 radical (unpaired) electrons. The first-order valence-corrected chi connectivity index (χ1v) is 16.4. The van der Waals surface area contributed by atoms with E-state index in [1.807, 2.05) is 0 Å². The van der Waals surface area contributed by atoms with Crippen molar-refractivity contribution < 1.29 is 63.9 Å². The highest BCUT2D eigenvalue weighted by molar-refractivity contribution is 5.81. The Hall–Kier alpha value is -2.20. The van der Waals surface area contributed by atoms with Gasteiger partial charge in [-0.25, -0.2) is 0 Å². The average molecular weight is 724 g/mol. The number of aliphatic hydroxyl groups is 6. The maximum Gasteiger partial charge on any atom is 0.249 e. The van der Waals surface area contributed by atoms with Gasteiger partial charge in [-0.3, -0.25) is 9.79 Å². The van der Waals surface area contributed by atoms with E-state index in [4.69, 9.17) is 68.6 Å². The summed E-state index contributed by atoms with van der Waals surface area (Å²) >= 11 is 0. The molecule has 4 aliphatic rings. The topological polar surface area (TPSA) is 400 Å². The molecule has 0 unspecified atom stereocenters. The van der Waals surface area contributed by atoms with Gasteiger partial charge in [0.1, 0.15) is 61.0 Å². The first kappa shape index (κ1) is 40.6. The lowest BCUT2D eigenvalue weighted by Gasteiger charge is -2.46. The third-order valence-electron chi connectivity index (χ3n) is 9.08. The predicted octanol–water partition coefficient (Wildman–Crippen LogP) is -8.88. The quantitative estimate of drug-likeness (QED) is 0.0449. The van der Waals surface area contributed by atoms with E-state index in [-0.39, 0.29) is 38.4 Å². The number of aliphatic imine (C=N–C) groups is 1. The second kappa shape index (κ2) is 18.0. The normalized spacial score (nSPS) is 44.1. The van der Waals surface area contributed by atoms with E-state index in [9.17, 15) is 35.4 Å². The average Bonchev–Trinajstić information content (AvgIpc) is 3.38. The van der Waals surface area contributed by atoms with Crippen LogP contribution in [-0.2, 0) is 33.2 Å². The third-order valence-corrected chi connectivity index (χ3v) is 9.08. The number of nitrogens with zero attached hydrogens (tertiary/aromatic N) is 1. The van der Waals surface area contributed by atoms with Crippen LogP contribution >= 0.6 is 0 Å². The fraction of sp³-hybridized carbons (Fsp3) is 0.857. The molecule has 21 N–H and O–H groups in total. The van der Waals surface area contributed by atoms with E-state index < -0.39 is 123 Å². The molecule has 0 bridgehead atoms. The van der Waals surface area contributed by atoms with Crippen LogP contribution in [0, 0.1) is 0 Å². The molecule has 0 spiro atoms. The van der Waals surface area contributed by atoms with Crippen molar-refractivity contribution in [3.8, 4) is 0 Å². The standard InChI is InChI=1S/C28H53N9O13/c29-6-9-1-2-10(31)25(45-9)48-21-11(32)5-12(37-24(44)13(39)3-4-36-28(34)35)17(40)23(21)50-27-20(43)22(15(8-38)47-27)49-26-16(33)19(42)18(41)14(7-30)46-26/h1-2,9-23,25-27,38-43H,3-8,29-33H2,(H,37,44)(H4,34,35,36)/t9-,10+,11-,12+,13-,14-,15+,16+,17-,18+,19+,20+,21+,22+,23+,25+,26+,27-/m0/s1. The van der Waals surface area contributed by atoms with E-state index in [0.29, 0.717) is 0 Å². The van der Waals surface area contributed by atoms with Gasteiger partial charge in [0.15, 0.2) is 24.8 Å². The molecule has 1 aliphatic carbocycles. The monoisotopic (exact) mass is 723 g/mol. The molecule has 4 rings (SSSR count). The minimum atomic E-state index is -1.67. The summed E-state index contributed by atoms with van der Waals surface area (Å²) in [5.74, 6) is -1.07. The van der Waals surface area contributed by atoms with Crippen LogP contribution in [0.2, 0.25) is 0 Å². The van der Waals surface area contributed by atoms with Crippen LogP contribution in [0.25, 0.3) is 0 Å². The fourth-order valence-corrected chi connectivity index (χ4v) is 6.22. The molecular formula is C28H53N9O13. The molecule has 0 aromatic rings. The maximum absolute atomic E-state index is 12.9. The summed E-state index contributed by atoms with van der Waals surface area (Å²) in [6.45, 7) is -0.799. The number of guanidine groups is 1. The summed E-state index contributed by atoms with van der Waals surface area (Å²) < 4.78 is 35.4. The number of nitrogens with one attached hydrogen (secondary N) is 1. The van der Waals surface area contributed by atoms with Crippen molar-refractivity contribution in [2.45, 2.75) is 123 Å². The largest absolute Gasteiger partial charge is 0.394 e. The first-order chi connectivity index (χ1) is 23.7. The lowest BCUT2D eigenvalue weighted by Crippen LogP contribution is -2.67. The number of hydrogen-bond donors (Lipinski definition) is 14. The van der Waals surface area contributed by atoms with Crippen molar-refractivity contribution in [2.75, 3.05) is 26.2 Å². The summed E-state index contributed by atoms with van der Waals surface area (Å²) in [5, 5.41) is 66.6. The molecule has 22 nitrogen and oxygen atoms in total. The molecule has 3 heterocycles. The van der Waals surface area contributed by atoms with Crippen molar-refractivity contribution in [1.82, 2.24) is 5.32 Å². The SMILES string of the molecule is NC[C@@H]1O[C@H](O[C@H]2[C@@H](O)[C@H](O[C@@H]3[C@@H](O)[C@H](NC(=O)[C@@H](O)CCN=C(N)N)C[C@H](N)[C@H]3O[C@H]3O[C@H](CN)C=C[C@H]3N)O[C@@H]2CO)[C@H](N)[C@@H](O)[C@@H]1O. The fourth-order valence-electron chi connectivity index (χ4n) is 6.22. The number of nitrogens with two attached hydrogens (primary N) is 7. The highest BCUT2D eigenvalue weighted by Crippen LogP contribution is 2.34. The van der Waals surface area contributed by atoms with E-state index in [2.05, 4.69) is 10.3 Å². The van der Waals surface area contributed by atoms with E-state index in [0.717, 1.165) is 0 Å². The minimum Gasteiger partial charge on any atom is -0.394 e. The van der Waals surface area contributed by atoms with Crippen LogP contribution in [-0.4, -0.2) is 179 Å². The lowest BCUT2D eigenvalue weighted by atomic mass is 9.83. The van der Waals surface area contributed by atoms with Gasteiger partial charge in [0.2, 0.25) is 5.91 Å². The Labute approximate surface area is 287 Å². The maximum atomic E-state index is 12.9. The Morgan fingerprint density at radius 3 is 2.14 bits per heavy atom. The molecule has 50 heavy (non-hydrogen) atoms. The van der Waals surface area contributed by atoms with Gasteiger partial charge in [0.25, 0.3) is 0 Å².